The molecule has 146 valence electrons. The predicted molar refractivity (Wildman–Crippen MR) is 102 cm³/mol. The fraction of sp³-hybridized carbons (Fsp3) is 0.333. The Morgan fingerprint density at radius 1 is 1.11 bits per heavy atom. The Labute approximate surface area is 157 Å². The van der Waals surface area contributed by atoms with Crippen molar-refractivity contribution in [3.05, 3.63) is 64.0 Å². The van der Waals surface area contributed by atoms with Crippen LogP contribution < -0.4 is 10.0 Å². The number of hydrogen-bond acceptors (Lipinski definition) is 5. The number of nitrogens with zero attached hydrogens (tertiary/aromatic N) is 1. The van der Waals surface area contributed by atoms with Gasteiger partial charge in [-0.15, -0.1) is 0 Å². The first-order valence-electron chi connectivity index (χ1n) is 8.29. The highest BCUT2D eigenvalue weighted by atomic mass is 32.2. The molecular formula is C18H22FN3O4S. The molecule has 0 spiro atoms. The zero-order valence-corrected chi connectivity index (χ0v) is 16.1. The summed E-state index contributed by atoms with van der Waals surface area (Å²) in [6.07, 6.45) is 0.531. The molecule has 0 aliphatic rings. The summed E-state index contributed by atoms with van der Waals surface area (Å²) in [6.45, 7) is 5.43. The van der Waals surface area contributed by atoms with E-state index in [1.165, 1.54) is 24.3 Å². The smallest absolute Gasteiger partial charge is 0.293 e. The first kappa shape index (κ1) is 20.8. The molecule has 0 saturated heterocycles. The van der Waals surface area contributed by atoms with Gasteiger partial charge in [0.15, 0.2) is 0 Å². The lowest BCUT2D eigenvalue weighted by Crippen LogP contribution is -2.40. The molecule has 0 heterocycles. The molecule has 2 rings (SSSR count). The average Bonchev–Trinajstić information content (AvgIpc) is 2.54. The Morgan fingerprint density at radius 2 is 1.74 bits per heavy atom. The standard InChI is InChI=1S/C18H22FN3O4S/c1-18(2,3)21-27(25,26)15-8-9-16(17(12-15)22(23)24)20-11-10-13-4-6-14(19)7-5-13/h4-9,12,20-21H,10-11H2,1-3H3. The van der Waals surface area contributed by atoms with Gasteiger partial charge in [-0.05, 0) is 57.0 Å². The first-order chi connectivity index (χ1) is 12.5. The number of sulfonamides is 1. The molecule has 2 N–H and O–H groups in total. The van der Waals surface area contributed by atoms with Gasteiger partial charge in [0.05, 0.1) is 9.82 Å². The third-order valence-electron chi connectivity index (χ3n) is 3.56. The van der Waals surface area contributed by atoms with Crippen molar-refractivity contribution >= 4 is 21.4 Å². The maximum absolute atomic E-state index is 12.9. The van der Waals surface area contributed by atoms with Crippen molar-refractivity contribution < 1.29 is 17.7 Å². The largest absolute Gasteiger partial charge is 0.379 e. The third kappa shape index (κ3) is 6.00. The molecule has 0 aliphatic carbocycles. The zero-order chi connectivity index (χ0) is 20.2. The minimum Gasteiger partial charge on any atom is -0.379 e. The van der Waals surface area contributed by atoms with Crippen molar-refractivity contribution in [1.82, 2.24) is 4.72 Å². The summed E-state index contributed by atoms with van der Waals surface area (Å²) in [5.74, 6) is -0.331. The third-order valence-corrected chi connectivity index (χ3v) is 5.31. The van der Waals surface area contributed by atoms with Gasteiger partial charge in [-0.25, -0.2) is 17.5 Å². The number of benzene rings is 2. The van der Waals surface area contributed by atoms with Crippen molar-refractivity contribution in [1.29, 1.82) is 0 Å². The number of nitro benzene ring substituents is 1. The molecule has 0 unspecified atom stereocenters. The quantitative estimate of drug-likeness (QED) is 0.552. The van der Waals surface area contributed by atoms with E-state index in [4.69, 9.17) is 0 Å². The van der Waals surface area contributed by atoms with Gasteiger partial charge in [-0.2, -0.15) is 0 Å². The van der Waals surface area contributed by atoms with Crippen molar-refractivity contribution in [2.75, 3.05) is 11.9 Å². The maximum atomic E-state index is 12.9. The van der Waals surface area contributed by atoms with Gasteiger partial charge in [-0.1, -0.05) is 12.1 Å². The van der Waals surface area contributed by atoms with Crippen LogP contribution in [0.5, 0.6) is 0 Å². The van der Waals surface area contributed by atoms with Gasteiger partial charge in [0.1, 0.15) is 11.5 Å². The molecule has 0 aliphatic heterocycles. The summed E-state index contributed by atoms with van der Waals surface area (Å²) < 4.78 is 40.1. The van der Waals surface area contributed by atoms with Gasteiger partial charge in [-0.3, -0.25) is 10.1 Å². The van der Waals surface area contributed by atoms with Gasteiger partial charge in [0.2, 0.25) is 10.0 Å². The van der Waals surface area contributed by atoms with Crippen molar-refractivity contribution in [2.24, 2.45) is 0 Å². The lowest BCUT2D eigenvalue weighted by Gasteiger charge is -2.20. The second-order valence-corrected chi connectivity index (χ2v) is 8.78. The van der Waals surface area contributed by atoms with E-state index in [0.29, 0.717) is 13.0 Å². The Hall–Kier alpha value is -2.52. The average molecular weight is 395 g/mol. The molecule has 0 radical (unpaired) electrons. The molecule has 7 nitrogen and oxygen atoms in total. The molecule has 0 saturated carbocycles. The minimum absolute atomic E-state index is 0.173. The highest BCUT2D eigenvalue weighted by Gasteiger charge is 2.25. The first-order valence-corrected chi connectivity index (χ1v) is 9.77. The molecule has 0 bridgehead atoms. The summed E-state index contributed by atoms with van der Waals surface area (Å²) in [4.78, 5) is 10.6. The number of anilines is 1. The lowest BCUT2D eigenvalue weighted by molar-refractivity contribution is -0.384. The van der Waals surface area contributed by atoms with E-state index in [-0.39, 0.29) is 22.1 Å². The predicted octanol–water partition coefficient (Wildman–Crippen LogP) is 3.47. The highest BCUT2D eigenvalue weighted by Crippen LogP contribution is 2.28. The SMILES string of the molecule is CC(C)(C)NS(=O)(=O)c1ccc(NCCc2ccc(F)cc2)c([N+](=O)[O-])c1. The van der Waals surface area contributed by atoms with Gasteiger partial charge in [0.25, 0.3) is 5.69 Å². The summed E-state index contributed by atoms with van der Waals surface area (Å²) in [5.41, 5.74) is 0.0579. The van der Waals surface area contributed by atoms with Crippen LogP contribution >= 0.6 is 0 Å². The summed E-state index contributed by atoms with van der Waals surface area (Å²) in [7, 11) is -3.88. The van der Waals surface area contributed by atoms with Crippen molar-refractivity contribution in [2.45, 2.75) is 37.6 Å². The topological polar surface area (TPSA) is 101 Å². The number of nitrogens with one attached hydrogen (secondary N) is 2. The highest BCUT2D eigenvalue weighted by molar-refractivity contribution is 7.89. The fourth-order valence-corrected chi connectivity index (χ4v) is 3.87. The van der Waals surface area contributed by atoms with Gasteiger partial charge in [0, 0.05) is 18.2 Å². The van der Waals surface area contributed by atoms with Crippen molar-refractivity contribution in [3.63, 3.8) is 0 Å². The van der Waals surface area contributed by atoms with Crippen LogP contribution in [0.3, 0.4) is 0 Å². The van der Waals surface area contributed by atoms with Crippen LogP contribution in [0.4, 0.5) is 15.8 Å². The second-order valence-electron chi connectivity index (χ2n) is 7.09. The molecule has 2 aromatic rings. The summed E-state index contributed by atoms with van der Waals surface area (Å²) >= 11 is 0. The van der Waals surface area contributed by atoms with E-state index < -0.39 is 20.5 Å². The molecular weight excluding hydrogens is 373 g/mol. The Morgan fingerprint density at radius 3 is 2.30 bits per heavy atom. The summed E-state index contributed by atoms with van der Waals surface area (Å²) in [5, 5.41) is 14.3. The van der Waals surface area contributed by atoms with Crippen LogP contribution in [0.25, 0.3) is 0 Å². The number of hydrogen-bond donors (Lipinski definition) is 2. The lowest BCUT2D eigenvalue weighted by atomic mass is 10.1. The van der Waals surface area contributed by atoms with E-state index >= 15 is 0 Å². The van der Waals surface area contributed by atoms with Crippen LogP contribution in [-0.4, -0.2) is 25.4 Å². The van der Waals surface area contributed by atoms with E-state index in [9.17, 15) is 22.9 Å². The molecule has 0 atom stereocenters. The van der Waals surface area contributed by atoms with Gasteiger partial charge < -0.3 is 5.32 Å². The molecule has 2 aromatic carbocycles. The number of rotatable bonds is 7. The molecule has 27 heavy (non-hydrogen) atoms. The normalized spacial score (nSPS) is 12.0. The number of halogens is 1. The maximum Gasteiger partial charge on any atom is 0.293 e. The molecule has 0 fully saturated rings. The van der Waals surface area contributed by atoms with Crippen LogP contribution in [0.15, 0.2) is 47.4 Å². The molecule has 0 amide bonds. The number of nitro groups is 1. The zero-order valence-electron chi connectivity index (χ0n) is 15.3. The second kappa shape index (κ2) is 8.01. The summed E-state index contributed by atoms with van der Waals surface area (Å²) in [6, 6.07) is 9.70. The molecule has 9 heteroatoms. The molecule has 0 aromatic heterocycles. The van der Waals surface area contributed by atoms with E-state index in [2.05, 4.69) is 10.0 Å². The van der Waals surface area contributed by atoms with Crippen LogP contribution in [-0.2, 0) is 16.4 Å². The van der Waals surface area contributed by atoms with Crippen LogP contribution in [0.2, 0.25) is 0 Å². The van der Waals surface area contributed by atoms with Crippen molar-refractivity contribution in [3.8, 4) is 0 Å². The monoisotopic (exact) mass is 395 g/mol. The van der Waals surface area contributed by atoms with Gasteiger partial charge >= 0.3 is 0 Å². The van der Waals surface area contributed by atoms with Crippen LogP contribution in [0.1, 0.15) is 26.3 Å². The van der Waals surface area contributed by atoms with Crippen LogP contribution in [0, 0.1) is 15.9 Å². The Bertz CT molecular complexity index is 923. The van der Waals surface area contributed by atoms with E-state index in [1.54, 1.807) is 32.9 Å². The fourth-order valence-electron chi connectivity index (χ4n) is 2.43. The van der Waals surface area contributed by atoms with E-state index in [0.717, 1.165) is 11.6 Å². The Balaban J connectivity index is 2.18. The minimum atomic E-state index is -3.88. The Kier molecular flexibility index (Phi) is 6.17. The van der Waals surface area contributed by atoms with E-state index in [1.807, 2.05) is 0 Å².